The molecule has 1 aromatic rings. The van der Waals surface area contributed by atoms with Crippen LogP contribution in [0.15, 0.2) is 12.1 Å². The van der Waals surface area contributed by atoms with Crippen molar-refractivity contribution in [3.8, 4) is 11.5 Å². The molecule has 1 heterocycles. The highest BCUT2D eigenvalue weighted by Gasteiger charge is 2.23. The maximum absolute atomic E-state index is 6.14. The molecule has 0 amide bonds. The first-order chi connectivity index (χ1) is 9.93. The first-order valence-electron chi connectivity index (χ1n) is 7.85. The van der Waals surface area contributed by atoms with Crippen molar-refractivity contribution in [1.29, 1.82) is 0 Å². The van der Waals surface area contributed by atoms with Gasteiger partial charge in [-0.15, -0.1) is 12.4 Å². The Morgan fingerprint density at radius 1 is 1.09 bits per heavy atom. The molecule has 22 heavy (non-hydrogen) atoms. The second kappa shape index (κ2) is 8.04. The minimum absolute atomic E-state index is 0. The van der Waals surface area contributed by atoms with E-state index in [2.05, 4.69) is 30.9 Å². The Kier molecular flexibility index (Phi) is 6.98. The molecule has 1 aliphatic rings. The Morgan fingerprint density at radius 3 is 2.14 bits per heavy atom. The molecule has 0 aliphatic carbocycles. The third-order valence-electron chi connectivity index (χ3n) is 3.59. The van der Waals surface area contributed by atoms with Crippen molar-refractivity contribution in [2.75, 3.05) is 26.3 Å². The van der Waals surface area contributed by atoms with E-state index in [9.17, 15) is 0 Å². The first kappa shape index (κ1) is 19.1. The summed E-state index contributed by atoms with van der Waals surface area (Å²) in [4.78, 5) is 2.42. The number of fused-ring (bicyclic) bond motifs is 1. The summed E-state index contributed by atoms with van der Waals surface area (Å²) in [6, 6.07) is 4.29. The topological polar surface area (TPSA) is 47.7 Å². The maximum atomic E-state index is 6.14. The fraction of sp³-hybridized carbons (Fsp3) is 0.647. The number of hydrogen-bond donors (Lipinski definition) is 1. The molecule has 1 aromatic carbocycles. The zero-order valence-corrected chi connectivity index (χ0v) is 15.0. The van der Waals surface area contributed by atoms with Crippen LogP contribution in [0.2, 0.25) is 0 Å². The zero-order valence-electron chi connectivity index (χ0n) is 14.1. The van der Waals surface area contributed by atoms with Gasteiger partial charge in [0.25, 0.3) is 0 Å². The highest BCUT2D eigenvalue weighted by atomic mass is 35.5. The van der Waals surface area contributed by atoms with Crippen LogP contribution in [0, 0.1) is 0 Å². The van der Waals surface area contributed by atoms with E-state index in [1.165, 1.54) is 11.1 Å². The summed E-state index contributed by atoms with van der Waals surface area (Å²) in [5.41, 5.74) is 8.68. The molecular weight excluding hydrogens is 300 g/mol. The number of ether oxygens (including phenoxy) is 2. The summed E-state index contributed by atoms with van der Waals surface area (Å²) >= 11 is 0. The molecule has 0 unspecified atom stereocenters. The van der Waals surface area contributed by atoms with E-state index in [0.717, 1.165) is 37.6 Å². The number of nitrogens with two attached hydrogens (primary N) is 1. The largest absolute Gasteiger partial charge is 0.490 e. The van der Waals surface area contributed by atoms with Crippen molar-refractivity contribution in [1.82, 2.24) is 4.90 Å². The second-order valence-electron chi connectivity index (χ2n) is 6.38. The summed E-state index contributed by atoms with van der Waals surface area (Å²) in [5, 5.41) is 0. The molecule has 0 spiro atoms. The smallest absolute Gasteiger partial charge is 0.161 e. The lowest BCUT2D eigenvalue weighted by Crippen LogP contribution is -2.46. The van der Waals surface area contributed by atoms with Gasteiger partial charge in [0.15, 0.2) is 11.5 Å². The summed E-state index contributed by atoms with van der Waals surface area (Å²) < 4.78 is 11.4. The Balaban J connectivity index is 0.00000242. The van der Waals surface area contributed by atoms with Crippen LogP contribution in [0.25, 0.3) is 0 Å². The lowest BCUT2D eigenvalue weighted by molar-refractivity contribution is 0.208. The van der Waals surface area contributed by atoms with Crippen molar-refractivity contribution in [2.24, 2.45) is 5.73 Å². The Labute approximate surface area is 140 Å². The molecule has 0 atom stereocenters. The molecule has 2 N–H and O–H groups in total. The van der Waals surface area contributed by atoms with Crippen LogP contribution in [-0.2, 0) is 13.0 Å². The molecule has 0 saturated carbocycles. The van der Waals surface area contributed by atoms with Crippen LogP contribution in [-0.4, -0.2) is 36.7 Å². The van der Waals surface area contributed by atoms with E-state index in [4.69, 9.17) is 15.2 Å². The van der Waals surface area contributed by atoms with Gasteiger partial charge in [0.1, 0.15) is 0 Å². The van der Waals surface area contributed by atoms with E-state index in [0.29, 0.717) is 13.2 Å². The van der Waals surface area contributed by atoms with Crippen LogP contribution >= 0.6 is 12.4 Å². The van der Waals surface area contributed by atoms with Crippen molar-refractivity contribution < 1.29 is 9.47 Å². The van der Waals surface area contributed by atoms with Crippen LogP contribution in [0.5, 0.6) is 11.5 Å². The highest BCUT2D eigenvalue weighted by molar-refractivity contribution is 5.85. The van der Waals surface area contributed by atoms with Gasteiger partial charge in [-0.3, -0.25) is 4.90 Å². The predicted octanol–water partition coefficient (Wildman–Crippen LogP) is 3.00. The van der Waals surface area contributed by atoms with E-state index in [-0.39, 0.29) is 17.9 Å². The molecule has 0 aromatic heterocycles. The Bertz CT molecular complexity index is 486. The Morgan fingerprint density at radius 2 is 1.64 bits per heavy atom. The first-order valence-corrected chi connectivity index (χ1v) is 7.85. The summed E-state index contributed by atoms with van der Waals surface area (Å²) in [7, 11) is 0. The minimum atomic E-state index is -0.161. The van der Waals surface area contributed by atoms with Gasteiger partial charge in [-0.05, 0) is 57.4 Å². The average Bonchev–Trinajstić information content (AvgIpc) is 2.38. The summed E-state index contributed by atoms with van der Waals surface area (Å²) in [5.74, 6) is 1.72. The number of rotatable bonds is 6. The van der Waals surface area contributed by atoms with E-state index >= 15 is 0 Å². The van der Waals surface area contributed by atoms with Gasteiger partial charge in [0.05, 0.1) is 13.2 Å². The normalized spacial score (nSPS) is 15.0. The van der Waals surface area contributed by atoms with Crippen LogP contribution in [0.1, 0.15) is 38.8 Å². The molecule has 5 heteroatoms. The highest BCUT2D eigenvalue weighted by Crippen LogP contribution is 2.34. The van der Waals surface area contributed by atoms with Gasteiger partial charge in [0.2, 0.25) is 0 Å². The monoisotopic (exact) mass is 328 g/mol. The molecule has 0 bridgehead atoms. The third kappa shape index (κ3) is 5.04. The molecule has 126 valence electrons. The number of halogens is 1. The molecule has 0 radical (unpaired) electrons. The predicted molar refractivity (Wildman–Crippen MR) is 93.3 cm³/mol. The molecule has 2 rings (SSSR count). The van der Waals surface area contributed by atoms with Crippen molar-refractivity contribution in [3.05, 3.63) is 23.3 Å². The lowest BCUT2D eigenvalue weighted by atomic mass is 9.97. The SMILES string of the molecule is CCOc1cc2c(cc1OCC)CN(CC(C)(C)N)CC2.Cl. The van der Waals surface area contributed by atoms with Crippen molar-refractivity contribution in [3.63, 3.8) is 0 Å². The van der Waals surface area contributed by atoms with E-state index in [1.54, 1.807) is 0 Å². The second-order valence-corrected chi connectivity index (χ2v) is 6.38. The fourth-order valence-electron chi connectivity index (χ4n) is 2.87. The molecule has 0 fully saturated rings. The van der Waals surface area contributed by atoms with Crippen molar-refractivity contribution >= 4 is 12.4 Å². The van der Waals surface area contributed by atoms with Crippen molar-refractivity contribution in [2.45, 2.75) is 46.2 Å². The van der Waals surface area contributed by atoms with E-state index in [1.807, 2.05) is 13.8 Å². The average molecular weight is 329 g/mol. The third-order valence-corrected chi connectivity index (χ3v) is 3.59. The van der Waals surface area contributed by atoms with Gasteiger partial charge in [-0.1, -0.05) is 0 Å². The standard InChI is InChI=1S/C17H28N2O2.ClH/c1-5-20-15-9-13-7-8-19(12-17(3,4)18)11-14(13)10-16(15)21-6-2;/h9-10H,5-8,11-12,18H2,1-4H3;1H. The zero-order chi connectivity index (χ0) is 15.5. The van der Waals surface area contributed by atoms with Crippen LogP contribution in [0.4, 0.5) is 0 Å². The number of benzene rings is 1. The number of hydrogen-bond acceptors (Lipinski definition) is 4. The quantitative estimate of drug-likeness (QED) is 0.872. The summed E-state index contributed by atoms with van der Waals surface area (Å²) in [6.07, 6.45) is 1.04. The van der Waals surface area contributed by atoms with E-state index < -0.39 is 0 Å². The fourth-order valence-corrected chi connectivity index (χ4v) is 2.87. The van der Waals surface area contributed by atoms with Crippen LogP contribution < -0.4 is 15.2 Å². The van der Waals surface area contributed by atoms with Gasteiger partial charge in [0, 0.05) is 25.2 Å². The lowest BCUT2D eigenvalue weighted by Gasteiger charge is -2.34. The molecule has 4 nitrogen and oxygen atoms in total. The number of nitrogens with zero attached hydrogens (tertiary/aromatic N) is 1. The van der Waals surface area contributed by atoms with Crippen LogP contribution in [0.3, 0.4) is 0 Å². The molecule has 0 saturated heterocycles. The van der Waals surface area contributed by atoms with Gasteiger partial charge in [-0.2, -0.15) is 0 Å². The molecule has 1 aliphatic heterocycles. The Hall–Kier alpha value is -0.970. The molecular formula is C17H29ClN2O2. The minimum Gasteiger partial charge on any atom is -0.490 e. The van der Waals surface area contributed by atoms with Gasteiger partial charge < -0.3 is 15.2 Å². The van der Waals surface area contributed by atoms with Gasteiger partial charge in [-0.25, -0.2) is 0 Å². The van der Waals surface area contributed by atoms with Gasteiger partial charge >= 0.3 is 0 Å². The maximum Gasteiger partial charge on any atom is 0.161 e. The summed E-state index contributed by atoms with van der Waals surface area (Å²) in [6.45, 7) is 12.3.